The van der Waals surface area contributed by atoms with Crippen LogP contribution in [0.15, 0.2) is 18.2 Å². The van der Waals surface area contributed by atoms with E-state index in [2.05, 4.69) is 5.32 Å². The maximum atomic E-state index is 13.1. The molecule has 1 aliphatic heterocycles. The van der Waals surface area contributed by atoms with Gasteiger partial charge in [-0.1, -0.05) is 0 Å². The van der Waals surface area contributed by atoms with Gasteiger partial charge in [0.25, 0.3) is 0 Å². The summed E-state index contributed by atoms with van der Waals surface area (Å²) < 4.78 is 18.1. The topological polar surface area (TPSA) is 75.7 Å². The lowest BCUT2D eigenvalue weighted by Crippen LogP contribution is -2.35. The molecule has 0 atom stereocenters. The number of methoxy groups -OCH3 is 1. The van der Waals surface area contributed by atoms with Crippen LogP contribution in [0.25, 0.3) is 0 Å². The monoisotopic (exact) mass is 266 g/mol. The number of hydrogen-bond acceptors (Lipinski definition) is 4. The van der Waals surface area contributed by atoms with Crippen LogP contribution < -0.4 is 10.1 Å². The maximum Gasteiger partial charge on any atom is 0.325 e. The zero-order chi connectivity index (χ0) is 14.0. The summed E-state index contributed by atoms with van der Waals surface area (Å²) >= 11 is 0. The van der Waals surface area contributed by atoms with Crippen molar-refractivity contribution in [2.45, 2.75) is 0 Å². The van der Waals surface area contributed by atoms with Crippen LogP contribution in [0.4, 0.5) is 9.18 Å². The van der Waals surface area contributed by atoms with Crippen LogP contribution in [-0.4, -0.2) is 42.8 Å². The van der Waals surface area contributed by atoms with Gasteiger partial charge in [-0.15, -0.1) is 0 Å². The number of carbonyl (C=O) groups is 3. The number of halogens is 1. The molecule has 1 fully saturated rings. The van der Waals surface area contributed by atoms with Gasteiger partial charge in [-0.25, -0.2) is 9.18 Å². The van der Waals surface area contributed by atoms with Crippen molar-refractivity contribution >= 4 is 17.7 Å². The van der Waals surface area contributed by atoms with Crippen LogP contribution in [0.1, 0.15) is 10.4 Å². The Kier molecular flexibility index (Phi) is 3.46. The second-order valence-electron chi connectivity index (χ2n) is 3.91. The number of ketones is 1. The molecule has 1 saturated heterocycles. The Morgan fingerprint density at radius 2 is 2.21 bits per heavy atom. The molecule has 2 rings (SSSR count). The lowest BCUT2D eigenvalue weighted by Gasteiger charge is -2.13. The van der Waals surface area contributed by atoms with E-state index in [1.807, 2.05) is 0 Å². The number of Topliss-reactive ketones (excluding diaryl/α,β-unsaturated/α-hetero) is 1. The van der Waals surface area contributed by atoms with Gasteiger partial charge in [-0.3, -0.25) is 14.5 Å². The van der Waals surface area contributed by atoms with Crippen molar-refractivity contribution in [2.24, 2.45) is 0 Å². The van der Waals surface area contributed by atoms with Crippen LogP contribution in [0.2, 0.25) is 0 Å². The third-order valence-corrected chi connectivity index (χ3v) is 2.70. The van der Waals surface area contributed by atoms with E-state index in [4.69, 9.17) is 4.74 Å². The summed E-state index contributed by atoms with van der Waals surface area (Å²) in [5.74, 6) is -1.46. The number of nitrogens with one attached hydrogen (secondary N) is 1. The number of nitrogens with zero attached hydrogens (tertiary/aromatic N) is 1. The minimum absolute atomic E-state index is 0.00463. The fourth-order valence-corrected chi connectivity index (χ4v) is 1.74. The van der Waals surface area contributed by atoms with E-state index in [1.165, 1.54) is 13.2 Å². The highest BCUT2D eigenvalue weighted by Gasteiger charge is 2.31. The normalized spacial score (nSPS) is 14.5. The number of rotatable bonds is 4. The van der Waals surface area contributed by atoms with Crippen molar-refractivity contribution in [2.75, 3.05) is 20.2 Å². The highest BCUT2D eigenvalue weighted by atomic mass is 19.1. The van der Waals surface area contributed by atoms with E-state index in [0.29, 0.717) is 0 Å². The Bertz CT molecular complexity index is 543. The zero-order valence-corrected chi connectivity index (χ0v) is 10.1. The molecule has 0 aromatic heterocycles. The molecule has 1 N–H and O–H groups in total. The average Bonchev–Trinajstić information content (AvgIpc) is 2.70. The first kappa shape index (κ1) is 13.0. The minimum atomic E-state index is -0.631. The van der Waals surface area contributed by atoms with Gasteiger partial charge >= 0.3 is 6.03 Å². The molecule has 100 valence electrons. The number of amides is 3. The Morgan fingerprint density at radius 1 is 1.47 bits per heavy atom. The van der Waals surface area contributed by atoms with Gasteiger partial charge in [-0.05, 0) is 18.2 Å². The van der Waals surface area contributed by atoms with Crippen LogP contribution in [0, 0.1) is 5.82 Å². The van der Waals surface area contributed by atoms with Crippen molar-refractivity contribution in [1.82, 2.24) is 10.2 Å². The van der Waals surface area contributed by atoms with E-state index < -0.39 is 30.1 Å². The molecule has 6 nitrogen and oxygen atoms in total. The number of hydrogen-bond donors (Lipinski definition) is 1. The molecule has 3 amide bonds. The molecule has 0 unspecified atom stereocenters. The summed E-state index contributed by atoms with van der Waals surface area (Å²) in [6.07, 6.45) is 0. The standard InChI is InChI=1S/C12H11FN2O4/c1-19-10-3-2-7(13)4-8(10)9(16)6-15-11(17)5-14-12(15)18/h2-4H,5-6H2,1H3,(H,14,18). The van der Waals surface area contributed by atoms with Gasteiger partial charge in [0.2, 0.25) is 5.91 Å². The highest BCUT2D eigenvalue weighted by molar-refractivity contribution is 6.08. The summed E-state index contributed by atoms with van der Waals surface area (Å²) in [5.41, 5.74) is -0.00463. The van der Waals surface area contributed by atoms with Gasteiger partial charge in [0, 0.05) is 0 Å². The van der Waals surface area contributed by atoms with Crippen molar-refractivity contribution in [1.29, 1.82) is 0 Å². The molecule has 1 aliphatic rings. The van der Waals surface area contributed by atoms with Crippen LogP contribution in [0.5, 0.6) is 5.75 Å². The number of imide groups is 1. The fourth-order valence-electron chi connectivity index (χ4n) is 1.74. The summed E-state index contributed by atoms with van der Waals surface area (Å²) in [5, 5.41) is 2.30. The van der Waals surface area contributed by atoms with E-state index >= 15 is 0 Å². The molecular weight excluding hydrogens is 255 g/mol. The minimum Gasteiger partial charge on any atom is -0.496 e. The molecular formula is C12H11FN2O4. The maximum absolute atomic E-state index is 13.1. The van der Waals surface area contributed by atoms with Crippen LogP contribution >= 0.6 is 0 Å². The van der Waals surface area contributed by atoms with Gasteiger partial charge in [0.05, 0.1) is 25.8 Å². The first-order valence-corrected chi connectivity index (χ1v) is 5.48. The predicted molar refractivity (Wildman–Crippen MR) is 62.4 cm³/mol. The van der Waals surface area contributed by atoms with E-state index in [0.717, 1.165) is 17.0 Å². The van der Waals surface area contributed by atoms with Crippen molar-refractivity contribution in [3.05, 3.63) is 29.6 Å². The molecule has 19 heavy (non-hydrogen) atoms. The zero-order valence-electron chi connectivity index (χ0n) is 10.1. The smallest absolute Gasteiger partial charge is 0.325 e. The van der Waals surface area contributed by atoms with Gasteiger partial charge in [0.15, 0.2) is 5.78 Å². The van der Waals surface area contributed by atoms with Gasteiger partial charge < -0.3 is 10.1 Å². The second kappa shape index (κ2) is 5.05. The quantitative estimate of drug-likeness (QED) is 0.638. The Morgan fingerprint density at radius 3 is 2.79 bits per heavy atom. The third kappa shape index (κ3) is 2.54. The van der Waals surface area contributed by atoms with Gasteiger partial charge in [-0.2, -0.15) is 0 Å². The first-order chi connectivity index (χ1) is 9.02. The Labute approximate surface area is 108 Å². The van der Waals surface area contributed by atoms with Crippen molar-refractivity contribution < 1.29 is 23.5 Å². The second-order valence-corrected chi connectivity index (χ2v) is 3.91. The van der Waals surface area contributed by atoms with Crippen molar-refractivity contribution in [3.63, 3.8) is 0 Å². The van der Waals surface area contributed by atoms with E-state index in [-0.39, 0.29) is 17.9 Å². The van der Waals surface area contributed by atoms with E-state index in [1.54, 1.807) is 0 Å². The third-order valence-electron chi connectivity index (χ3n) is 2.70. The number of carbonyl (C=O) groups excluding carboxylic acids is 3. The summed E-state index contributed by atoms with van der Waals surface area (Å²) in [4.78, 5) is 35.5. The summed E-state index contributed by atoms with van der Waals surface area (Å²) in [7, 11) is 1.34. The molecule has 1 aromatic carbocycles. The van der Waals surface area contributed by atoms with Crippen molar-refractivity contribution in [3.8, 4) is 5.75 Å². The molecule has 0 aliphatic carbocycles. The summed E-state index contributed by atoms with van der Waals surface area (Å²) in [6, 6.07) is 2.85. The molecule has 0 saturated carbocycles. The number of ether oxygens (including phenoxy) is 1. The largest absolute Gasteiger partial charge is 0.496 e. The fraction of sp³-hybridized carbons (Fsp3) is 0.250. The lowest BCUT2D eigenvalue weighted by molar-refractivity contribution is -0.124. The van der Waals surface area contributed by atoms with Crippen LogP contribution in [0.3, 0.4) is 0 Å². The molecule has 0 radical (unpaired) electrons. The Hall–Kier alpha value is -2.44. The number of urea groups is 1. The molecule has 0 spiro atoms. The summed E-state index contributed by atoms with van der Waals surface area (Å²) in [6.45, 7) is -0.573. The molecule has 1 heterocycles. The number of benzene rings is 1. The highest BCUT2D eigenvalue weighted by Crippen LogP contribution is 2.20. The molecule has 1 aromatic rings. The SMILES string of the molecule is COc1ccc(F)cc1C(=O)CN1C(=O)CNC1=O. The van der Waals surface area contributed by atoms with Crippen LogP contribution in [-0.2, 0) is 4.79 Å². The van der Waals surface area contributed by atoms with E-state index in [9.17, 15) is 18.8 Å². The average molecular weight is 266 g/mol. The first-order valence-electron chi connectivity index (χ1n) is 5.48. The Balaban J connectivity index is 2.22. The van der Waals surface area contributed by atoms with Gasteiger partial charge in [0.1, 0.15) is 11.6 Å². The predicted octanol–water partition coefficient (Wildman–Crippen LogP) is 0.569. The molecule has 0 bridgehead atoms. The lowest BCUT2D eigenvalue weighted by atomic mass is 10.1. The molecule has 7 heteroatoms.